The van der Waals surface area contributed by atoms with Crippen LogP contribution in [0, 0.1) is 25.7 Å². The third-order valence-corrected chi connectivity index (χ3v) is 9.05. The molecule has 39 heavy (non-hydrogen) atoms. The third-order valence-electron chi connectivity index (χ3n) is 8.02. The second-order valence-electron chi connectivity index (χ2n) is 11.0. The van der Waals surface area contributed by atoms with E-state index in [0.717, 1.165) is 57.7 Å². The van der Waals surface area contributed by atoms with Crippen molar-refractivity contribution in [3.8, 4) is 22.6 Å². The van der Waals surface area contributed by atoms with Gasteiger partial charge in [-0.15, -0.1) is 0 Å². The molecule has 1 saturated carbocycles. The van der Waals surface area contributed by atoms with Gasteiger partial charge in [0.1, 0.15) is 27.9 Å². The van der Waals surface area contributed by atoms with Crippen molar-refractivity contribution < 1.29 is 27.8 Å². The third kappa shape index (κ3) is 5.83. The van der Waals surface area contributed by atoms with Crippen molar-refractivity contribution in [3.63, 3.8) is 0 Å². The lowest BCUT2D eigenvalue weighted by molar-refractivity contribution is -0.139. The van der Waals surface area contributed by atoms with Crippen molar-refractivity contribution in [2.24, 2.45) is 11.8 Å². The van der Waals surface area contributed by atoms with Gasteiger partial charge in [-0.05, 0) is 108 Å². The molecule has 0 aromatic heterocycles. The maximum absolute atomic E-state index is 11.5. The molecule has 0 radical (unpaired) electrons. The highest BCUT2D eigenvalue weighted by molar-refractivity contribution is 7.90. The quantitative estimate of drug-likeness (QED) is 0.300. The first kappa shape index (κ1) is 27.3. The largest absolute Gasteiger partial charge is 0.494 e. The van der Waals surface area contributed by atoms with Gasteiger partial charge in [-0.3, -0.25) is 4.79 Å². The molecule has 0 aliphatic heterocycles. The molecule has 2 aliphatic carbocycles. The molecule has 5 rings (SSSR count). The van der Waals surface area contributed by atoms with Crippen LogP contribution in [0.4, 0.5) is 0 Å². The average Bonchev–Trinajstić information content (AvgIpc) is 3.47. The van der Waals surface area contributed by atoms with E-state index in [0.29, 0.717) is 19.6 Å². The number of hydrogen-bond acceptors (Lipinski definition) is 5. The summed E-state index contributed by atoms with van der Waals surface area (Å²) in [6, 6.07) is 16.7. The van der Waals surface area contributed by atoms with Crippen LogP contribution in [0.2, 0.25) is 0 Å². The average molecular weight is 549 g/mol. The highest BCUT2D eigenvalue weighted by atomic mass is 32.2. The summed E-state index contributed by atoms with van der Waals surface area (Å²) in [7, 11) is -2.99. The molecular weight excluding hydrogens is 512 g/mol. The molecule has 206 valence electrons. The van der Waals surface area contributed by atoms with Gasteiger partial charge in [-0.25, -0.2) is 8.42 Å². The Morgan fingerprint density at radius 1 is 1.05 bits per heavy atom. The van der Waals surface area contributed by atoms with Crippen LogP contribution in [0.25, 0.3) is 11.1 Å². The second-order valence-corrected chi connectivity index (χ2v) is 13.3. The van der Waals surface area contributed by atoms with Crippen LogP contribution in [0.15, 0.2) is 48.5 Å². The number of aliphatic carboxylic acids is 1. The van der Waals surface area contributed by atoms with Crippen molar-refractivity contribution in [2.75, 3.05) is 18.6 Å². The summed E-state index contributed by atoms with van der Waals surface area (Å²) in [4.78, 5) is 11.5. The van der Waals surface area contributed by atoms with Gasteiger partial charge in [0.2, 0.25) is 0 Å². The Balaban J connectivity index is 1.28. The van der Waals surface area contributed by atoms with Gasteiger partial charge in [0.25, 0.3) is 0 Å². The molecule has 1 fully saturated rings. The summed E-state index contributed by atoms with van der Waals surface area (Å²) in [6.45, 7) is 7.04. The summed E-state index contributed by atoms with van der Waals surface area (Å²) >= 11 is 0. The van der Waals surface area contributed by atoms with Gasteiger partial charge in [-0.1, -0.05) is 31.2 Å². The molecule has 6 nitrogen and oxygen atoms in total. The molecule has 3 unspecified atom stereocenters. The van der Waals surface area contributed by atoms with E-state index < -0.39 is 15.8 Å². The number of carbonyl (C=O) groups is 1. The molecule has 0 saturated heterocycles. The van der Waals surface area contributed by atoms with E-state index in [1.807, 2.05) is 18.2 Å². The lowest BCUT2D eigenvalue weighted by Crippen LogP contribution is -2.08. The van der Waals surface area contributed by atoms with Crippen molar-refractivity contribution >= 4 is 15.8 Å². The standard InChI is InChI=1S/C32H36O6S/c1-5-22-15-26-24(16-27-30(26)31(27)32(33)34)17-28(22)38-18-21-8-6-9-23(14-21)29-19(2)12-25(13-20(29)3)37-10-7-11-39(4,35)36/h6,8-9,12-15,17,27,30-31H,5,7,10-11,16,18H2,1-4H3,(H,33,34). The Morgan fingerprint density at radius 2 is 1.79 bits per heavy atom. The zero-order valence-electron chi connectivity index (χ0n) is 23.0. The van der Waals surface area contributed by atoms with Crippen LogP contribution in [0.1, 0.15) is 52.6 Å². The van der Waals surface area contributed by atoms with Crippen LogP contribution >= 0.6 is 0 Å². The van der Waals surface area contributed by atoms with Gasteiger partial charge in [0.05, 0.1) is 18.3 Å². The highest BCUT2D eigenvalue weighted by Gasteiger charge is 2.59. The minimum absolute atomic E-state index is 0.120. The van der Waals surface area contributed by atoms with Crippen LogP contribution in [-0.2, 0) is 34.1 Å². The molecule has 0 amide bonds. The maximum atomic E-state index is 11.5. The van der Waals surface area contributed by atoms with Crippen molar-refractivity contribution in [1.82, 2.24) is 0 Å². The fourth-order valence-corrected chi connectivity index (χ4v) is 6.82. The van der Waals surface area contributed by atoms with Crippen LogP contribution in [0.3, 0.4) is 0 Å². The topological polar surface area (TPSA) is 89.9 Å². The second kappa shape index (κ2) is 10.7. The molecule has 7 heteroatoms. The molecule has 0 spiro atoms. The monoisotopic (exact) mass is 548 g/mol. The van der Waals surface area contributed by atoms with E-state index in [-0.39, 0.29) is 23.5 Å². The number of carboxylic acids is 1. The van der Waals surface area contributed by atoms with E-state index in [2.05, 4.69) is 51.1 Å². The first-order valence-electron chi connectivity index (χ1n) is 13.6. The number of rotatable bonds is 11. The Bertz CT molecular complexity index is 1500. The summed E-state index contributed by atoms with van der Waals surface area (Å²) in [6.07, 6.45) is 3.36. The number of aryl methyl sites for hydroxylation is 3. The van der Waals surface area contributed by atoms with E-state index in [9.17, 15) is 18.3 Å². The molecular formula is C32H36O6S. The van der Waals surface area contributed by atoms with Crippen LogP contribution in [-0.4, -0.2) is 38.1 Å². The number of fused-ring (bicyclic) bond motifs is 3. The predicted octanol–water partition coefficient (Wildman–Crippen LogP) is 5.90. The Labute approximate surface area is 230 Å². The number of ether oxygens (including phenoxy) is 2. The number of carboxylic acid groups (broad SMARTS) is 1. The summed E-state index contributed by atoms with van der Waals surface area (Å²) < 4.78 is 34.9. The van der Waals surface area contributed by atoms with E-state index in [1.165, 1.54) is 17.4 Å². The predicted molar refractivity (Wildman–Crippen MR) is 152 cm³/mol. The van der Waals surface area contributed by atoms with Crippen molar-refractivity contribution in [3.05, 3.63) is 81.9 Å². The van der Waals surface area contributed by atoms with Gasteiger partial charge in [0.15, 0.2) is 0 Å². The Kier molecular flexibility index (Phi) is 7.47. The molecule has 3 aromatic rings. The van der Waals surface area contributed by atoms with E-state index in [4.69, 9.17) is 9.47 Å². The zero-order valence-corrected chi connectivity index (χ0v) is 23.8. The number of benzene rings is 3. The summed E-state index contributed by atoms with van der Waals surface area (Å²) in [5, 5.41) is 9.45. The SMILES string of the molecule is CCc1cc2c(cc1OCc1cccc(-c3c(C)cc(OCCCS(C)(=O)=O)cc3C)c1)CC1C(C(=O)O)C21. The smallest absolute Gasteiger partial charge is 0.307 e. The summed E-state index contributed by atoms with van der Waals surface area (Å²) in [5.74, 6) is 1.27. The normalized spacial score (nSPS) is 19.3. The van der Waals surface area contributed by atoms with E-state index >= 15 is 0 Å². The maximum Gasteiger partial charge on any atom is 0.307 e. The fourth-order valence-electron chi connectivity index (χ4n) is 6.18. The van der Waals surface area contributed by atoms with Crippen LogP contribution in [0.5, 0.6) is 11.5 Å². The number of sulfone groups is 1. The highest BCUT2D eigenvalue weighted by Crippen LogP contribution is 2.62. The first-order valence-corrected chi connectivity index (χ1v) is 15.6. The lowest BCUT2D eigenvalue weighted by atomic mass is 9.94. The minimum Gasteiger partial charge on any atom is -0.494 e. The Hall–Kier alpha value is -3.32. The molecule has 0 bridgehead atoms. The molecule has 2 aliphatic rings. The van der Waals surface area contributed by atoms with Crippen molar-refractivity contribution in [2.45, 2.75) is 52.6 Å². The van der Waals surface area contributed by atoms with Crippen LogP contribution < -0.4 is 9.47 Å². The molecule has 3 aromatic carbocycles. The Morgan fingerprint density at radius 3 is 2.46 bits per heavy atom. The minimum atomic E-state index is -2.99. The van der Waals surface area contributed by atoms with Gasteiger partial charge >= 0.3 is 5.97 Å². The van der Waals surface area contributed by atoms with E-state index in [1.54, 1.807) is 0 Å². The van der Waals surface area contributed by atoms with Gasteiger partial charge in [0, 0.05) is 12.2 Å². The molecule has 3 atom stereocenters. The fraction of sp³-hybridized carbons (Fsp3) is 0.406. The summed E-state index contributed by atoms with van der Waals surface area (Å²) in [5.41, 5.74) is 9.08. The number of hydrogen-bond donors (Lipinski definition) is 1. The molecule has 0 heterocycles. The molecule has 1 N–H and O–H groups in total. The van der Waals surface area contributed by atoms with Crippen molar-refractivity contribution in [1.29, 1.82) is 0 Å². The zero-order chi connectivity index (χ0) is 27.9. The van der Waals surface area contributed by atoms with Gasteiger partial charge < -0.3 is 14.6 Å². The van der Waals surface area contributed by atoms with Gasteiger partial charge in [-0.2, -0.15) is 0 Å². The first-order chi connectivity index (χ1) is 18.6. The lowest BCUT2D eigenvalue weighted by Gasteiger charge is -2.16.